The van der Waals surface area contributed by atoms with Crippen molar-refractivity contribution in [1.82, 2.24) is 10.2 Å². The van der Waals surface area contributed by atoms with Crippen molar-refractivity contribution in [2.24, 2.45) is 17.8 Å². The summed E-state index contributed by atoms with van der Waals surface area (Å²) in [6.07, 6.45) is 5.63. The zero-order chi connectivity index (χ0) is 11.8. The van der Waals surface area contributed by atoms with Crippen LogP contribution in [0, 0.1) is 17.8 Å². The van der Waals surface area contributed by atoms with Crippen LogP contribution in [0.4, 0.5) is 5.69 Å². The lowest BCUT2D eigenvalue weighted by Gasteiger charge is -2.22. The van der Waals surface area contributed by atoms with Gasteiger partial charge < -0.3 is 5.32 Å². The van der Waals surface area contributed by atoms with E-state index < -0.39 is 0 Å². The summed E-state index contributed by atoms with van der Waals surface area (Å²) in [4.78, 5) is 0. The van der Waals surface area contributed by atoms with E-state index in [9.17, 15) is 0 Å². The predicted octanol–water partition coefficient (Wildman–Crippen LogP) is 3.63. The van der Waals surface area contributed by atoms with Crippen LogP contribution in [-0.4, -0.2) is 16.7 Å². The van der Waals surface area contributed by atoms with E-state index in [0.29, 0.717) is 10.3 Å². The third kappa shape index (κ3) is 2.36. The Morgan fingerprint density at radius 2 is 2.12 bits per heavy atom. The van der Waals surface area contributed by atoms with E-state index in [-0.39, 0.29) is 0 Å². The number of rotatable bonds is 3. The minimum Gasteiger partial charge on any atom is -0.382 e. The average Bonchev–Trinajstić information content (AvgIpc) is 2.92. The molecule has 2 saturated carbocycles. The van der Waals surface area contributed by atoms with E-state index in [1.807, 2.05) is 0 Å². The SMILES string of the molecule is Clc1cc(NCC2CC3CCC2C3)c(Cl)nn1. The molecule has 2 aliphatic rings. The summed E-state index contributed by atoms with van der Waals surface area (Å²) in [6.45, 7) is 0.975. The van der Waals surface area contributed by atoms with Crippen LogP contribution < -0.4 is 5.32 Å². The summed E-state index contributed by atoms with van der Waals surface area (Å²) in [6, 6.07) is 1.74. The Balaban J connectivity index is 1.62. The molecular formula is C12H15Cl2N3. The number of nitrogens with one attached hydrogen (secondary N) is 1. The minimum absolute atomic E-state index is 0.379. The molecule has 3 rings (SSSR count). The molecule has 3 unspecified atom stereocenters. The molecule has 0 spiro atoms. The summed E-state index contributed by atoms with van der Waals surface area (Å²) in [5.41, 5.74) is 0.800. The highest BCUT2D eigenvalue weighted by atomic mass is 35.5. The third-order valence-electron chi connectivity index (χ3n) is 4.16. The van der Waals surface area contributed by atoms with Crippen molar-refractivity contribution in [1.29, 1.82) is 0 Å². The maximum atomic E-state index is 5.97. The molecule has 0 saturated heterocycles. The minimum atomic E-state index is 0.379. The standard InChI is InChI=1S/C12H15Cl2N3/c13-11-5-10(12(14)17-16-11)15-6-9-4-7-1-2-8(9)3-7/h5,7-9H,1-4,6H2,(H,15,16). The lowest BCUT2D eigenvalue weighted by atomic mass is 9.89. The van der Waals surface area contributed by atoms with Gasteiger partial charge in [0.15, 0.2) is 10.3 Å². The van der Waals surface area contributed by atoms with Gasteiger partial charge in [-0.05, 0) is 37.0 Å². The van der Waals surface area contributed by atoms with Gasteiger partial charge in [0.2, 0.25) is 0 Å². The molecule has 2 fully saturated rings. The second-order valence-electron chi connectivity index (χ2n) is 5.19. The number of halogens is 2. The molecule has 2 bridgehead atoms. The van der Waals surface area contributed by atoms with Crippen molar-refractivity contribution >= 4 is 28.9 Å². The molecule has 0 amide bonds. The number of nitrogens with zero attached hydrogens (tertiary/aromatic N) is 2. The lowest BCUT2D eigenvalue weighted by Crippen LogP contribution is -2.20. The van der Waals surface area contributed by atoms with Crippen molar-refractivity contribution in [3.05, 3.63) is 16.4 Å². The fraction of sp³-hybridized carbons (Fsp3) is 0.667. The Morgan fingerprint density at radius 1 is 1.24 bits per heavy atom. The molecular weight excluding hydrogens is 257 g/mol. The quantitative estimate of drug-likeness (QED) is 0.913. The molecule has 1 N–H and O–H groups in total. The highest BCUT2D eigenvalue weighted by molar-refractivity contribution is 6.33. The van der Waals surface area contributed by atoms with Crippen molar-refractivity contribution in [3.8, 4) is 0 Å². The van der Waals surface area contributed by atoms with E-state index >= 15 is 0 Å². The lowest BCUT2D eigenvalue weighted by molar-refractivity contribution is 0.348. The van der Waals surface area contributed by atoms with Gasteiger partial charge in [0.05, 0.1) is 5.69 Å². The zero-order valence-corrected chi connectivity index (χ0v) is 11.0. The Morgan fingerprint density at radius 3 is 2.82 bits per heavy atom. The topological polar surface area (TPSA) is 37.8 Å². The second kappa shape index (κ2) is 4.62. The van der Waals surface area contributed by atoms with Crippen LogP contribution in [-0.2, 0) is 0 Å². The maximum Gasteiger partial charge on any atom is 0.174 e. The van der Waals surface area contributed by atoms with Crippen LogP contribution >= 0.6 is 23.2 Å². The van der Waals surface area contributed by atoms with Gasteiger partial charge in [-0.3, -0.25) is 0 Å². The highest BCUT2D eigenvalue weighted by Crippen LogP contribution is 2.48. The largest absolute Gasteiger partial charge is 0.382 e. The molecule has 92 valence electrons. The molecule has 17 heavy (non-hydrogen) atoms. The number of hydrogen-bond acceptors (Lipinski definition) is 3. The summed E-state index contributed by atoms with van der Waals surface area (Å²) in [7, 11) is 0. The van der Waals surface area contributed by atoms with Crippen LogP contribution in [0.25, 0.3) is 0 Å². The zero-order valence-electron chi connectivity index (χ0n) is 9.50. The number of aromatic nitrogens is 2. The molecule has 5 heteroatoms. The van der Waals surface area contributed by atoms with E-state index in [1.54, 1.807) is 6.07 Å². The molecule has 3 nitrogen and oxygen atoms in total. The normalized spacial score (nSPS) is 30.8. The Kier molecular flexibility index (Phi) is 3.14. The van der Waals surface area contributed by atoms with Gasteiger partial charge in [-0.15, -0.1) is 10.2 Å². The second-order valence-corrected chi connectivity index (χ2v) is 5.93. The molecule has 1 aromatic rings. The van der Waals surface area contributed by atoms with Crippen LogP contribution in [0.15, 0.2) is 6.07 Å². The van der Waals surface area contributed by atoms with Gasteiger partial charge >= 0.3 is 0 Å². The maximum absolute atomic E-state index is 5.97. The first-order valence-electron chi connectivity index (χ1n) is 6.15. The molecule has 1 heterocycles. The van der Waals surface area contributed by atoms with Crippen molar-refractivity contribution in [3.63, 3.8) is 0 Å². The van der Waals surface area contributed by atoms with Gasteiger partial charge in [-0.1, -0.05) is 29.6 Å². The van der Waals surface area contributed by atoms with E-state index in [4.69, 9.17) is 23.2 Å². The molecule has 0 radical (unpaired) electrons. The van der Waals surface area contributed by atoms with Gasteiger partial charge in [0.1, 0.15) is 0 Å². The van der Waals surface area contributed by atoms with Crippen LogP contribution in [0.5, 0.6) is 0 Å². The first-order valence-corrected chi connectivity index (χ1v) is 6.90. The summed E-state index contributed by atoms with van der Waals surface area (Å²) in [5.74, 6) is 2.68. The molecule has 0 aliphatic heterocycles. The van der Waals surface area contributed by atoms with E-state index in [2.05, 4.69) is 15.5 Å². The average molecular weight is 272 g/mol. The number of fused-ring (bicyclic) bond motifs is 2. The Labute approximate surface area is 111 Å². The summed E-state index contributed by atoms with van der Waals surface area (Å²) >= 11 is 11.8. The van der Waals surface area contributed by atoms with Gasteiger partial charge in [0, 0.05) is 12.6 Å². The molecule has 0 aromatic carbocycles. The first kappa shape index (κ1) is 11.5. The number of hydrogen-bond donors (Lipinski definition) is 1. The van der Waals surface area contributed by atoms with E-state index in [1.165, 1.54) is 25.7 Å². The summed E-state index contributed by atoms with van der Waals surface area (Å²) < 4.78 is 0. The van der Waals surface area contributed by atoms with E-state index in [0.717, 1.165) is 30.0 Å². The fourth-order valence-corrected chi connectivity index (χ4v) is 3.65. The predicted molar refractivity (Wildman–Crippen MR) is 69.5 cm³/mol. The highest BCUT2D eigenvalue weighted by Gasteiger charge is 2.39. The third-order valence-corrected chi connectivity index (χ3v) is 4.62. The van der Waals surface area contributed by atoms with Crippen molar-refractivity contribution < 1.29 is 0 Å². The number of anilines is 1. The monoisotopic (exact) mass is 271 g/mol. The smallest absolute Gasteiger partial charge is 0.174 e. The van der Waals surface area contributed by atoms with Crippen molar-refractivity contribution in [2.75, 3.05) is 11.9 Å². The van der Waals surface area contributed by atoms with Crippen LogP contribution in [0.2, 0.25) is 10.3 Å². The fourth-order valence-electron chi connectivity index (χ4n) is 3.34. The van der Waals surface area contributed by atoms with Gasteiger partial charge in [-0.2, -0.15) is 0 Å². The summed E-state index contributed by atoms with van der Waals surface area (Å²) in [5, 5.41) is 11.6. The molecule has 1 aromatic heterocycles. The Bertz CT molecular complexity index is 424. The first-order chi connectivity index (χ1) is 8.22. The molecule has 3 atom stereocenters. The van der Waals surface area contributed by atoms with Gasteiger partial charge in [-0.25, -0.2) is 0 Å². The molecule has 2 aliphatic carbocycles. The van der Waals surface area contributed by atoms with Crippen LogP contribution in [0.1, 0.15) is 25.7 Å². The van der Waals surface area contributed by atoms with Crippen molar-refractivity contribution in [2.45, 2.75) is 25.7 Å². The van der Waals surface area contributed by atoms with Crippen LogP contribution in [0.3, 0.4) is 0 Å². The Hall–Kier alpha value is -0.540. The van der Waals surface area contributed by atoms with Gasteiger partial charge in [0.25, 0.3) is 0 Å².